The second kappa shape index (κ2) is 7.57. The first-order chi connectivity index (χ1) is 10.7. The molecular weight excluding hydrogens is 342 g/mol. The van der Waals surface area contributed by atoms with Gasteiger partial charge in [-0.2, -0.15) is 0 Å². The summed E-state index contributed by atoms with van der Waals surface area (Å²) in [4.78, 5) is 16.8. The minimum absolute atomic E-state index is 0.308. The van der Waals surface area contributed by atoms with E-state index in [1.807, 2.05) is 4.90 Å². The Balaban J connectivity index is 1.54. The Kier molecular flexibility index (Phi) is 5.50. The zero-order valence-corrected chi connectivity index (χ0v) is 14.5. The standard InChI is InChI=1S/C17H24BrN3O/c18-15-5-3-14(4-6-15)16-2-1-10-20(16)11-7-17(22)21-12-8-19-9-13-21/h3-6,16,19H,1-2,7-13H2. The van der Waals surface area contributed by atoms with Crippen molar-refractivity contribution in [1.82, 2.24) is 15.1 Å². The molecule has 0 bridgehead atoms. The number of carbonyl (C=O) groups excluding carboxylic acids is 1. The van der Waals surface area contributed by atoms with Crippen LogP contribution >= 0.6 is 15.9 Å². The van der Waals surface area contributed by atoms with Gasteiger partial charge in [0.1, 0.15) is 0 Å². The van der Waals surface area contributed by atoms with Crippen LogP contribution in [0.25, 0.3) is 0 Å². The summed E-state index contributed by atoms with van der Waals surface area (Å²) in [5.41, 5.74) is 1.37. The number of benzene rings is 1. The van der Waals surface area contributed by atoms with E-state index < -0.39 is 0 Å². The highest BCUT2D eigenvalue weighted by atomic mass is 79.9. The first-order valence-electron chi connectivity index (χ1n) is 8.22. The van der Waals surface area contributed by atoms with Gasteiger partial charge in [0, 0.05) is 49.7 Å². The molecule has 1 atom stereocenters. The van der Waals surface area contributed by atoms with Crippen molar-refractivity contribution in [2.45, 2.75) is 25.3 Å². The van der Waals surface area contributed by atoms with Gasteiger partial charge in [-0.05, 0) is 37.1 Å². The number of hydrogen-bond acceptors (Lipinski definition) is 3. The maximum absolute atomic E-state index is 12.3. The van der Waals surface area contributed by atoms with Gasteiger partial charge < -0.3 is 10.2 Å². The van der Waals surface area contributed by atoms with Crippen molar-refractivity contribution in [3.63, 3.8) is 0 Å². The van der Waals surface area contributed by atoms with Gasteiger partial charge in [0.2, 0.25) is 5.91 Å². The van der Waals surface area contributed by atoms with Gasteiger partial charge in [-0.15, -0.1) is 0 Å². The van der Waals surface area contributed by atoms with Crippen LogP contribution in [-0.2, 0) is 4.79 Å². The van der Waals surface area contributed by atoms with Crippen molar-refractivity contribution in [3.8, 4) is 0 Å². The van der Waals surface area contributed by atoms with Crippen LogP contribution in [0.4, 0.5) is 0 Å². The Labute approximate surface area is 141 Å². The number of nitrogens with zero attached hydrogens (tertiary/aromatic N) is 2. The summed E-state index contributed by atoms with van der Waals surface area (Å²) in [6.45, 7) is 5.55. The molecule has 1 amide bonds. The van der Waals surface area contributed by atoms with E-state index in [2.05, 4.69) is 50.4 Å². The third-order valence-corrected chi connectivity index (χ3v) is 5.23. The smallest absolute Gasteiger partial charge is 0.223 e. The summed E-state index contributed by atoms with van der Waals surface area (Å²) in [5, 5.41) is 3.29. The summed E-state index contributed by atoms with van der Waals surface area (Å²) in [5.74, 6) is 0.308. The van der Waals surface area contributed by atoms with Crippen LogP contribution in [0.2, 0.25) is 0 Å². The first-order valence-corrected chi connectivity index (χ1v) is 9.01. The second-order valence-corrected chi connectivity index (χ2v) is 7.04. The Bertz CT molecular complexity index is 499. The SMILES string of the molecule is O=C(CCN1CCCC1c1ccc(Br)cc1)N1CCNCC1. The molecule has 1 aromatic carbocycles. The number of rotatable bonds is 4. The van der Waals surface area contributed by atoms with E-state index in [4.69, 9.17) is 0 Å². The Morgan fingerprint density at radius 3 is 2.64 bits per heavy atom. The monoisotopic (exact) mass is 365 g/mol. The van der Waals surface area contributed by atoms with Crippen LogP contribution in [0, 0.1) is 0 Å². The Morgan fingerprint density at radius 2 is 1.91 bits per heavy atom. The molecule has 3 rings (SSSR count). The van der Waals surface area contributed by atoms with Crippen molar-refractivity contribution < 1.29 is 4.79 Å². The third-order valence-electron chi connectivity index (χ3n) is 4.70. The molecule has 0 aromatic heterocycles. The van der Waals surface area contributed by atoms with E-state index in [-0.39, 0.29) is 0 Å². The van der Waals surface area contributed by atoms with Crippen molar-refractivity contribution in [2.24, 2.45) is 0 Å². The van der Waals surface area contributed by atoms with Gasteiger partial charge in [-0.25, -0.2) is 0 Å². The highest BCUT2D eigenvalue weighted by Gasteiger charge is 2.27. The van der Waals surface area contributed by atoms with Crippen LogP contribution in [0.15, 0.2) is 28.7 Å². The molecule has 2 heterocycles. The zero-order valence-electron chi connectivity index (χ0n) is 12.9. The van der Waals surface area contributed by atoms with Crippen molar-refractivity contribution in [2.75, 3.05) is 39.3 Å². The summed E-state index contributed by atoms with van der Waals surface area (Å²) in [6.07, 6.45) is 3.07. The molecule has 2 aliphatic heterocycles. The first kappa shape index (κ1) is 16.0. The molecule has 1 unspecified atom stereocenters. The average Bonchev–Trinajstić information content (AvgIpc) is 3.02. The van der Waals surface area contributed by atoms with Crippen LogP contribution in [-0.4, -0.2) is 55.0 Å². The molecule has 5 heteroatoms. The molecule has 2 fully saturated rings. The number of halogens is 1. The maximum Gasteiger partial charge on any atom is 0.223 e. The largest absolute Gasteiger partial charge is 0.340 e. The lowest BCUT2D eigenvalue weighted by Gasteiger charge is -2.29. The van der Waals surface area contributed by atoms with E-state index in [0.717, 1.165) is 43.7 Å². The quantitative estimate of drug-likeness (QED) is 0.889. The fourth-order valence-electron chi connectivity index (χ4n) is 3.47. The van der Waals surface area contributed by atoms with Crippen molar-refractivity contribution in [1.29, 1.82) is 0 Å². The third kappa shape index (κ3) is 3.89. The zero-order chi connectivity index (χ0) is 15.4. The molecule has 0 aliphatic carbocycles. The molecule has 1 aromatic rings. The predicted molar refractivity (Wildman–Crippen MR) is 91.8 cm³/mol. The summed E-state index contributed by atoms with van der Waals surface area (Å²) < 4.78 is 1.12. The number of nitrogens with one attached hydrogen (secondary N) is 1. The highest BCUT2D eigenvalue weighted by molar-refractivity contribution is 9.10. The average molecular weight is 366 g/mol. The molecule has 0 saturated carbocycles. The number of likely N-dealkylation sites (tertiary alicyclic amines) is 1. The van der Waals surface area contributed by atoms with Crippen LogP contribution in [0.1, 0.15) is 30.9 Å². The van der Waals surface area contributed by atoms with Crippen LogP contribution in [0.3, 0.4) is 0 Å². The molecule has 0 spiro atoms. The van der Waals surface area contributed by atoms with Gasteiger partial charge >= 0.3 is 0 Å². The van der Waals surface area contributed by atoms with Crippen molar-refractivity contribution >= 4 is 21.8 Å². The lowest BCUT2D eigenvalue weighted by atomic mass is 10.0. The van der Waals surface area contributed by atoms with E-state index >= 15 is 0 Å². The topological polar surface area (TPSA) is 35.6 Å². The summed E-state index contributed by atoms with van der Waals surface area (Å²) in [6, 6.07) is 9.09. The Hall–Kier alpha value is -0.910. The van der Waals surface area contributed by atoms with Gasteiger partial charge in [0.25, 0.3) is 0 Å². The van der Waals surface area contributed by atoms with Gasteiger partial charge in [0.15, 0.2) is 0 Å². The lowest BCUT2D eigenvalue weighted by Crippen LogP contribution is -2.47. The fourth-order valence-corrected chi connectivity index (χ4v) is 3.73. The lowest BCUT2D eigenvalue weighted by molar-refractivity contribution is -0.132. The molecule has 120 valence electrons. The normalized spacial score (nSPS) is 23.0. The van der Waals surface area contributed by atoms with Gasteiger partial charge in [-0.1, -0.05) is 28.1 Å². The summed E-state index contributed by atoms with van der Waals surface area (Å²) >= 11 is 3.49. The van der Waals surface area contributed by atoms with Gasteiger partial charge in [0.05, 0.1) is 0 Å². The second-order valence-electron chi connectivity index (χ2n) is 6.13. The fraction of sp³-hybridized carbons (Fsp3) is 0.588. The molecular formula is C17H24BrN3O. The predicted octanol–water partition coefficient (Wildman–Crippen LogP) is 2.41. The van der Waals surface area contributed by atoms with Crippen LogP contribution in [0.5, 0.6) is 0 Å². The Morgan fingerprint density at radius 1 is 1.18 bits per heavy atom. The summed E-state index contributed by atoms with van der Waals surface area (Å²) in [7, 11) is 0. The molecule has 2 aliphatic rings. The maximum atomic E-state index is 12.3. The number of hydrogen-bond donors (Lipinski definition) is 1. The van der Waals surface area contributed by atoms with E-state index in [1.165, 1.54) is 18.4 Å². The minimum Gasteiger partial charge on any atom is -0.340 e. The molecule has 22 heavy (non-hydrogen) atoms. The number of carbonyl (C=O) groups is 1. The van der Waals surface area contributed by atoms with E-state index in [1.54, 1.807) is 0 Å². The number of piperazine rings is 1. The van der Waals surface area contributed by atoms with E-state index in [0.29, 0.717) is 18.4 Å². The molecule has 2 saturated heterocycles. The molecule has 0 radical (unpaired) electrons. The molecule has 4 nitrogen and oxygen atoms in total. The molecule has 1 N–H and O–H groups in total. The minimum atomic E-state index is 0.308. The van der Waals surface area contributed by atoms with E-state index in [9.17, 15) is 4.79 Å². The van der Waals surface area contributed by atoms with Crippen molar-refractivity contribution in [3.05, 3.63) is 34.3 Å². The van der Waals surface area contributed by atoms with Gasteiger partial charge in [-0.3, -0.25) is 9.69 Å². The van der Waals surface area contributed by atoms with Crippen LogP contribution < -0.4 is 5.32 Å². The highest BCUT2D eigenvalue weighted by Crippen LogP contribution is 2.32. The number of amides is 1.